The monoisotopic (exact) mass is 196 g/mol. The van der Waals surface area contributed by atoms with Gasteiger partial charge in [0.15, 0.2) is 0 Å². The zero-order valence-electron chi connectivity index (χ0n) is 8.44. The van der Waals surface area contributed by atoms with E-state index in [-0.39, 0.29) is 6.61 Å². The Labute approximate surface area is 83.5 Å². The minimum atomic E-state index is 0.254. The molecule has 1 aromatic heterocycles. The zero-order chi connectivity index (χ0) is 9.97. The lowest BCUT2D eigenvalue weighted by atomic mass is 10.2. The molecule has 2 heterocycles. The zero-order valence-corrected chi connectivity index (χ0v) is 8.44. The van der Waals surface area contributed by atoms with Gasteiger partial charge in [-0.05, 0) is 26.3 Å². The van der Waals surface area contributed by atoms with Crippen molar-refractivity contribution in [1.29, 1.82) is 0 Å². The minimum Gasteiger partial charge on any atom is -0.395 e. The van der Waals surface area contributed by atoms with Crippen molar-refractivity contribution in [1.82, 2.24) is 10.1 Å². The highest BCUT2D eigenvalue weighted by Gasteiger charge is 2.24. The van der Waals surface area contributed by atoms with E-state index in [4.69, 9.17) is 9.63 Å². The summed E-state index contributed by atoms with van der Waals surface area (Å²) in [6.45, 7) is 4.09. The first-order valence-corrected chi connectivity index (χ1v) is 5.06. The second-order valence-electron chi connectivity index (χ2n) is 3.86. The van der Waals surface area contributed by atoms with E-state index in [0.29, 0.717) is 6.04 Å². The number of likely N-dealkylation sites (tertiary alicyclic amines) is 1. The second kappa shape index (κ2) is 4.11. The Morgan fingerprint density at radius 1 is 1.71 bits per heavy atom. The van der Waals surface area contributed by atoms with Crippen LogP contribution in [0.2, 0.25) is 0 Å². The molecule has 1 unspecified atom stereocenters. The Morgan fingerprint density at radius 2 is 2.57 bits per heavy atom. The smallest absolute Gasteiger partial charge is 0.138 e. The first kappa shape index (κ1) is 9.68. The molecule has 14 heavy (non-hydrogen) atoms. The van der Waals surface area contributed by atoms with Gasteiger partial charge in [0.1, 0.15) is 5.76 Å². The average Bonchev–Trinajstić information content (AvgIpc) is 2.77. The molecule has 1 aromatic rings. The molecular weight excluding hydrogens is 180 g/mol. The number of rotatable bonds is 3. The highest BCUT2D eigenvalue weighted by molar-refractivity contribution is 5.11. The van der Waals surface area contributed by atoms with Crippen LogP contribution in [0.4, 0.5) is 0 Å². The van der Waals surface area contributed by atoms with E-state index >= 15 is 0 Å². The Morgan fingerprint density at radius 3 is 3.21 bits per heavy atom. The molecule has 1 saturated heterocycles. The van der Waals surface area contributed by atoms with Crippen molar-refractivity contribution in [3.63, 3.8) is 0 Å². The molecular formula is C10H16N2O2. The minimum absolute atomic E-state index is 0.254. The summed E-state index contributed by atoms with van der Waals surface area (Å²) in [6, 6.07) is 0.323. The highest BCUT2D eigenvalue weighted by Crippen LogP contribution is 2.20. The van der Waals surface area contributed by atoms with Crippen molar-refractivity contribution >= 4 is 0 Å². The van der Waals surface area contributed by atoms with Crippen molar-refractivity contribution < 1.29 is 9.63 Å². The van der Waals surface area contributed by atoms with Crippen LogP contribution in [0.1, 0.15) is 24.2 Å². The summed E-state index contributed by atoms with van der Waals surface area (Å²) in [5, 5.41) is 12.9. The van der Waals surface area contributed by atoms with Crippen LogP contribution >= 0.6 is 0 Å². The Hall–Kier alpha value is -0.870. The van der Waals surface area contributed by atoms with Crippen LogP contribution < -0.4 is 0 Å². The van der Waals surface area contributed by atoms with Gasteiger partial charge in [-0.25, -0.2) is 0 Å². The van der Waals surface area contributed by atoms with E-state index in [1.807, 2.05) is 6.92 Å². The molecule has 78 valence electrons. The van der Waals surface area contributed by atoms with Crippen molar-refractivity contribution in [2.45, 2.75) is 32.4 Å². The molecule has 4 nitrogen and oxygen atoms in total. The van der Waals surface area contributed by atoms with E-state index < -0.39 is 0 Å². The van der Waals surface area contributed by atoms with Crippen LogP contribution in [0.25, 0.3) is 0 Å². The van der Waals surface area contributed by atoms with E-state index in [2.05, 4.69) is 10.1 Å². The van der Waals surface area contributed by atoms with Crippen LogP contribution in [0.5, 0.6) is 0 Å². The van der Waals surface area contributed by atoms with Gasteiger partial charge >= 0.3 is 0 Å². The lowest BCUT2D eigenvalue weighted by Crippen LogP contribution is -2.31. The number of hydrogen-bond donors (Lipinski definition) is 1. The Kier molecular flexibility index (Phi) is 2.84. The quantitative estimate of drug-likeness (QED) is 0.781. The average molecular weight is 196 g/mol. The van der Waals surface area contributed by atoms with Crippen molar-refractivity contribution in [2.75, 3.05) is 13.2 Å². The van der Waals surface area contributed by atoms with Crippen LogP contribution in [0.15, 0.2) is 10.7 Å². The van der Waals surface area contributed by atoms with E-state index in [0.717, 1.165) is 30.8 Å². The van der Waals surface area contributed by atoms with Crippen LogP contribution in [0.3, 0.4) is 0 Å². The van der Waals surface area contributed by atoms with Gasteiger partial charge in [0.25, 0.3) is 0 Å². The number of aryl methyl sites for hydroxylation is 1. The van der Waals surface area contributed by atoms with Crippen molar-refractivity contribution in [2.24, 2.45) is 0 Å². The molecule has 0 radical (unpaired) electrons. The lowest BCUT2D eigenvalue weighted by molar-refractivity contribution is 0.153. The van der Waals surface area contributed by atoms with Gasteiger partial charge in [-0.1, -0.05) is 5.16 Å². The number of aliphatic hydroxyl groups excluding tert-OH is 1. The third-order valence-electron chi connectivity index (χ3n) is 2.93. The SMILES string of the molecule is Cc1oncc1CN1CCCC1CO. The maximum Gasteiger partial charge on any atom is 0.138 e. The van der Waals surface area contributed by atoms with Gasteiger partial charge < -0.3 is 9.63 Å². The molecule has 0 bridgehead atoms. The van der Waals surface area contributed by atoms with Gasteiger partial charge in [0, 0.05) is 18.2 Å². The predicted octanol–water partition coefficient (Wildman–Crippen LogP) is 0.940. The number of nitrogens with zero attached hydrogens (tertiary/aromatic N) is 2. The molecule has 0 saturated carbocycles. The summed E-state index contributed by atoms with van der Waals surface area (Å²) in [7, 11) is 0. The molecule has 1 atom stereocenters. The molecule has 0 aliphatic carbocycles. The topological polar surface area (TPSA) is 49.5 Å². The Balaban J connectivity index is 2.00. The molecule has 1 aliphatic heterocycles. The maximum absolute atomic E-state index is 9.15. The number of hydrogen-bond acceptors (Lipinski definition) is 4. The van der Waals surface area contributed by atoms with Gasteiger partial charge in [-0.15, -0.1) is 0 Å². The van der Waals surface area contributed by atoms with Gasteiger partial charge in [0.2, 0.25) is 0 Å². The predicted molar refractivity (Wildman–Crippen MR) is 51.8 cm³/mol. The molecule has 0 aromatic carbocycles. The second-order valence-corrected chi connectivity index (χ2v) is 3.86. The molecule has 0 spiro atoms. The van der Waals surface area contributed by atoms with Crippen molar-refractivity contribution in [3.05, 3.63) is 17.5 Å². The van der Waals surface area contributed by atoms with Crippen LogP contribution in [-0.4, -0.2) is 34.4 Å². The molecule has 4 heteroatoms. The fraction of sp³-hybridized carbons (Fsp3) is 0.700. The van der Waals surface area contributed by atoms with E-state index in [1.54, 1.807) is 6.20 Å². The first-order chi connectivity index (χ1) is 6.81. The molecule has 1 fully saturated rings. The largest absolute Gasteiger partial charge is 0.395 e. The highest BCUT2D eigenvalue weighted by atomic mass is 16.5. The summed E-state index contributed by atoms with van der Waals surface area (Å²) in [6.07, 6.45) is 4.04. The fourth-order valence-corrected chi connectivity index (χ4v) is 2.00. The van der Waals surface area contributed by atoms with Crippen molar-refractivity contribution in [3.8, 4) is 0 Å². The number of aromatic nitrogens is 1. The standard InChI is InChI=1S/C10H16N2O2/c1-8-9(5-11-14-8)6-12-4-2-3-10(12)7-13/h5,10,13H,2-4,6-7H2,1H3. The van der Waals surface area contributed by atoms with E-state index in [9.17, 15) is 0 Å². The summed E-state index contributed by atoms with van der Waals surface area (Å²) in [5.74, 6) is 0.883. The maximum atomic E-state index is 9.15. The third kappa shape index (κ3) is 1.81. The van der Waals surface area contributed by atoms with Gasteiger partial charge in [0.05, 0.1) is 12.8 Å². The van der Waals surface area contributed by atoms with E-state index in [1.165, 1.54) is 6.42 Å². The lowest BCUT2D eigenvalue weighted by Gasteiger charge is -2.21. The molecule has 2 rings (SSSR count). The van der Waals surface area contributed by atoms with Gasteiger partial charge in [-0.3, -0.25) is 4.90 Å². The normalized spacial score (nSPS) is 23.1. The molecule has 0 amide bonds. The third-order valence-corrected chi connectivity index (χ3v) is 2.93. The first-order valence-electron chi connectivity index (χ1n) is 5.06. The molecule has 1 N–H and O–H groups in total. The summed E-state index contributed by atoms with van der Waals surface area (Å²) in [5.41, 5.74) is 1.13. The van der Waals surface area contributed by atoms with Crippen LogP contribution in [-0.2, 0) is 6.54 Å². The Bertz CT molecular complexity index is 298. The fourth-order valence-electron chi connectivity index (χ4n) is 2.00. The summed E-state index contributed by atoms with van der Waals surface area (Å²) in [4.78, 5) is 2.29. The van der Waals surface area contributed by atoms with Crippen LogP contribution in [0, 0.1) is 6.92 Å². The summed E-state index contributed by atoms with van der Waals surface area (Å²) >= 11 is 0. The molecule has 1 aliphatic rings. The summed E-state index contributed by atoms with van der Waals surface area (Å²) < 4.78 is 5.00. The number of aliphatic hydroxyl groups is 1. The van der Waals surface area contributed by atoms with Gasteiger partial charge in [-0.2, -0.15) is 0 Å².